The first-order chi connectivity index (χ1) is 10.2. The van der Waals surface area contributed by atoms with Crippen LogP contribution in [0.5, 0.6) is 0 Å². The molecule has 1 heterocycles. The van der Waals surface area contributed by atoms with Gasteiger partial charge >= 0.3 is 5.69 Å². The van der Waals surface area contributed by atoms with Crippen LogP contribution in [0.2, 0.25) is 0 Å². The van der Waals surface area contributed by atoms with Crippen LogP contribution in [-0.4, -0.2) is 28.5 Å². The standard InChI is InChI=1S/C14H17N5O2/c1-15-14-17-10-12(19(20)21)13(18-14)16-9-5-8-11-6-3-2-4-7-11/h2-4,6-7,10H,5,8-9H2,1H3,(H2,15,16,17,18). The minimum Gasteiger partial charge on any atom is -0.364 e. The molecule has 0 atom stereocenters. The van der Waals surface area contributed by atoms with Gasteiger partial charge in [0.1, 0.15) is 6.20 Å². The van der Waals surface area contributed by atoms with E-state index in [1.54, 1.807) is 7.05 Å². The number of hydrogen-bond acceptors (Lipinski definition) is 6. The highest BCUT2D eigenvalue weighted by Crippen LogP contribution is 2.21. The number of aryl methyl sites for hydroxylation is 1. The summed E-state index contributed by atoms with van der Waals surface area (Å²) in [6.07, 6.45) is 2.98. The number of hydrogen-bond donors (Lipinski definition) is 2. The van der Waals surface area contributed by atoms with Crippen molar-refractivity contribution in [2.45, 2.75) is 12.8 Å². The first-order valence-corrected chi connectivity index (χ1v) is 6.67. The van der Waals surface area contributed by atoms with Gasteiger partial charge in [-0.1, -0.05) is 30.3 Å². The smallest absolute Gasteiger partial charge is 0.329 e. The Bertz CT molecular complexity index is 604. The second-order valence-electron chi connectivity index (χ2n) is 4.45. The molecule has 0 saturated heterocycles. The number of nitrogens with zero attached hydrogens (tertiary/aromatic N) is 3. The van der Waals surface area contributed by atoms with Gasteiger partial charge in [0, 0.05) is 13.6 Å². The Morgan fingerprint density at radius 3 is 2.71 bits per heavy atom. The second kappa shape index (κ2) is 7.18. The van der Waals surface area contributed by atoms with Gasteiger partial charge in [0.15, 0.2) is 0 Å². The molecule has 0 unspecified atom stereocenters. The van der Waals surface area contributed by atoms with Crippen molar-refractivity contribution in [1.29, 1.82) is 0 Å². The molecule has 0 fully saturated rings. The minimum atomic E-state index is -0.487. The highest BCUT2D eigenvalue weighted by molar-refractivity contribution is 5.56. The molecule has 0 radical (unpaired) electrons. The molecule has 0 aliphatic carbocycles. The quantitative estimate of drug-likeness (QED) is 0.461. The molecule has 21 heavy (non-hydrogen) atoms. The molecule has 0 saturated carbocycles. The van der Waals surface area contributed by atoms with Crippen LogP contribution < -0.4 is 10.6 Å². The minimum absolute atomic E-state index is 0.117. The Morgan fingerprint density at radius 1 is 1.29 bits per heavy atom. The van der Waals surface area contributed by atoms with Gasteiger partial charge in [-0.15, -0.1) is 0 Å². The molecule has 2 rings (SSSR count). The summed E-state index contributed by atoms with van der Waals surface area (Å²) in [7, 11) is 1.67. The average Bonchev–Trinajstić information content (AvgIpc) is 2.52. The van der Waals surface area contributed by atoms with Gasteiger partial charge in [-0.05, 0) is 18.4 Å². The molecule has 7 heteroatoms. The molecular formula is C14H17N5O2. The summed E-state index contributed by atoms with van der Waals surface area (Å²) < 4.78 is 0. The van der Waals surface area contributed by atoms with Gasteiger partial charge in [-0.2, -0.15) is 4.98 Å². The zero-order valence-electron chi connectivity index (χ0n) is 11.7. The lowest BCUT2D eigenvalue weighted by atomic mass is 10.1. The lowest BCUT2D eigenvalue weighted by Crippen LogP contribution is -2.09. The molecule has 0 bridgehead atoms. The van der Waals surface area contributed by atoms with Gasteiger partial charge in [-0.25, -0.2) is 4.98 Å². The first-order valence-electron chi connectivity index (χ1n) is 6.67. The Hall–Kier alpha value is -2.70. The van der Waals surface area contributed by atoms with Gasteiger partial charge in [-0.3, -0.25) is 10.1 Å². The van der Waals surface area contributed by atoms with Crippen LogP contribution in [0, 0.1) is 10.1 Å². The van der Waals surface area contributed by atoms with Crippen LogP contribution in [0.3, 0.4) is 0 Å². The normalized spacial score (nSPS) is 10.1. The molecule has 110 valence electrons. The van der Waals surface area contributed by atoms with E-state index in [4.69, 9.17) is 0 Å². The van der Waals surface area contributed by atoms with E-state index in [0.29, 0.717) is 12.5 Å². The highest BCUT2D eigenvalue weighted by Gasteiger charge is 2.16. The average molecular weight is 287 g/mol. The molecule has 0 amide bonds. The summed E-state index contributed by atoms with van der Waals surface area (Å²) in [6, 6.07) is 10.1. The predicted molar refractivity (Wildman–Crippen MR) is 81.5 cm³/mol. The second-order valence-corrected chi connectivity index (χ2v) is 4.45. The molecule has 7 nitrogen and oxygen atoms in total. The van der Waals surface area contributed by atoms with Crippen molar-refractivity contribution in [2.75, 3.05) is 24.2 Å². The maximum atomic E-state index is 10.9. The van der Waals surface area contributed by atoms with E-state index in [2.05, 4.69) is 32.7 Å². The number of benzene rings is 1. The summed E-state index contributed by atoms with van der Waals surface area (Å²) in [4.78, 5) is 18.4. The van der Waals surface area contributed by atoms with Crippen LogP contribution >= 0.6 is 0 Å². The summed E-state index contributed by atoms with van der Waals surface area (Å²) in [5.41, 5.74) is 1.13. The zero-order chi connectivity index (χ0) is 15.1. The van der Waals surface area contributed by atoms with E-state index < -0.39 is 4.92 Å². The Labute approximate surface area is 122 Å². The predicted octanol–water partition coefficient (Wildman–Crippen LogP) is 2.47. The largest absolute Gasteiger partial charge is 0.364 e. The number of nitrogens with one attached hydrogen (secondary N) is 2. The monoisotopic (exact) mass is 287 g/mol. The van der Waals surface area contributed by atoms with Crippen LogP contribution in [-0.2, 0) is 6.42 Å². The van der Waals surface area contributed by atoms with Crippen LogP contribution in [0.4, 0.5) is 17.5 Å². The molecule has 2 aromatic rings. The maximum absolute atomic E-state index is 10.9. The molecule has 1 aromatic heterocycles. The highest BCUT2D eigenvalue weighted by atomic mass is 16.6. The van der Waals surface area contributed by atoms with Crippen molar-refractivity contribution in [1.82, 2.24) is 9.97 Å². The van der Waals surface area contributed by atoms with E-state index in [1.807, 2.05) is 18.2 Å². The Morgan fingerprint density at radius 2 is 2.05 bits per heavy atom. The molecule has 0 aliphatic rings. The Kier molecular flexibility index (Phi) is 5.03. The number of anilines is 2. The van der Waals surface area contributed by atoms with Gasteiger partial charge in [0.2, 0.25) is 11.8 Å². The van der Waals surface area contributed by atoms with Gasteiger partial charge in [0.05, 0.1) is 4.92 Å². The number of rotatable bonds is 7. The zero-order valence-corrected chi connectivity index (χ0v) is 11.7. The number of nitro groups is 1. The van der Waals surface area contributed by atoms with Crippen molar-refractivity contribution in [3.05, 3.63) is 52.2 Å². The van der Waals surface area contributed by atoms with Crippen LogP contribution in [0.25, 0.3) is 0 Å². The summed E-state index contributed by atoms with van der Waals surface area (Å²) in [5.74, 6) is 0.596. The molecule has 1 aromatic carbocycles. The van der Waals surface area contributed by atoms with Crippen molar-refractivity contribution in [2.24, 2.45) is 0 Å². The molecule has 2 N–H and O–H groups in total. The third kappa shape index (κ3) is 4.13. The summed E-state index contributed by atoms with van der Waals surface area (Å²) in [6.45, 7) is 0.607. The fourth-order valence-electron chi connectivity index (χ4n) is 1.90. The molecule has 0 spiro atoms. The van der Waals surface area contributed by atoms with E-state index in [-0.39, 0.29) is 11.5 Å². The van der Waals surface area contributed by atoms with Crippen molar-refractivity contribution >= 4 is 17.5 Å². The van der Waals surface area contributed by atoms with Gasteiger partial charge < -0.3 is 10.6 Å². The lowest BCUT2D eigenvalue weighted by Gasteiger charge is -2.07. The van der Waals surface area contributed by atoms with E-state index in [1.165, 1.54) is 11.8 Å². The van der Waals surface area contributed by atoms with E-state index >= 15 is 0 Å². The molecule has 0 aliphatic heterocycles. The topological polar surface area (TPSA) is 93.0 Å². The summed E-state index contributed by atoms with van der Waals surface area (Å²) >= 11 is 0. The van der Waals surface area contributed by atoms with Crippen LogP contribution in [0.1, 0.15) is 12.0 Å². The SMILES string of the molecule is CNc1ncc([N+](=O)[O-])c(NCCCc2ccccc2)n1. The van der Waals surface area contributed by atoms with E-state index in [9.17, 15) is 10.1 Å². The fraction of sp³-hybridized carbons (Fsp3) is 0.286. The number of aromatic nitrogens is 2. The third-order valence-corrected chi connectivity index (χ3v) is 2.97. The first kappa shape index (κ1) is 14.7. The molecular weight excluding hydrogens is 270 g/mol. The summed E-state index contributed by atoms with van der Waals surface area (Å²) in [5, 5.41) is 16.7. The van der Waals surface area contributed by atoms with Crippen molar-refractivity contribution in [3.63, 3.8) is 0 Å². The van der Waals surface area contributed by atoms with Gasteiger partial charge in [0.25, 0.3) is 0 Å². The Balaban J connectivity index is 1.94. The van der Waals surface area contributed by atoms with Crippen molar-refractivity contribution in [3.8, 4) is 0 Å². The van der Waals surface area contributed by atoms with Crippen LogP contribution in [0.15, 0.2) is 36.5 Å². The van der Waals surface area contributed by atoms with E-state index in [0.717, 1.165) is 12.8 Å². The van der Waals surface area contributed by atoms with Crippen molar-refractivity contribution < 1.29 is 4.92 Å². The lowest BCUT2D eigenvalue weighted by molar-refractivity contribution is -0.384. The maximum Gasteiger partial charge on any atom is 0.329 e. The fourth-order valence-corrected chi connectivity index (χ4v) is 1.90. The third-order valence-electron chi connectivity index (χ3n) is 2.97.